The Balaban J connectivity index is 2.14. The van der Waals surface area contributed by atoms with Gasteiger partial charge in [-0.25, -0.2) is 4.79 Å². The molecule has 0 unspecified atom stereocenters. The van der Waals surface area contributed by atoms with Gasteiger partial charge in [0.15, 0.2) is 0 Å². The van der Waals surface area contributed by atoms with Gasteiger partial charge in [-0.3, -0.25) is 0 Å². The lowest BCUT2D eigenvalue weighted by molar-refractivity contribution is 0.0224. The summed E-state index contributed by atoms with van der Waals surface area (Å²) in [5, 5.41) is 0. The summed E-state index contributed by atoms with van der Waals surface area (Å²) in [5.74, 6) is 0. The van der Waals surface area contributed by atoms with Crippen molar-refractivity contribution in [1.29, 1.82) is 0 Å². The fourth-order valence-corrected chi connectivity index (χ4v) is 2.58. The molecule has 0 bridgehead atoms. The Morgan fingerprint density at radius 1 is 1.32 bits per heavy atom. The van der Waals surface area contributed by atoms with E-state index in [1.165, 1.54) is 16.7 Å². The summed E-state index contributed by atoms with van der Waals surface area (Å²) >= 11 is 3.55. The van der Waals surface area contributed by atoms with Gasteiger partial charge in [0.2, 0.25) is 0 Å². The lowest BCUT2D eigenvalue weighted by atomic mass is 9.98. The van der Waals surface area contributed by atoms with Crippen molar-refractivity contribution in [2.24, 2.45) is 0 Å². The van der Waals surface area contributed by atoms with E-state index < -0.39 is 5.60 Å². The average molecular weight is 326 g/mol. The molecule has 0 N–H and O–H groups in total. The van der Waals surface area contributed by atoms with Crippen LogP contribution in [0.4, 0.5) is 4.79 Å². The van der Waals surface area contributed by atoms with E-state index in [0.717, 1.165) is 17.4 Å². The monoisotopic (exact) mass is 325 g/mol. The smallest absolute Gasteiger partial charge is 0.410 e. The highest BCUT2D eigenvalue weighted by Crippen LogP contribution is 2.26. The van der Waals surface area contributed by atoms with Gasteiger partial charge in [0, 0.05) is 17.6 Å². The topological polar surface area (TPSA) is 29.5 Å². The van der Waals surface area contributed by atoms with Crippen LogP contribution in [-0.4, -0.2) is 23.1 Å². The van der Waals surface area contributed by atoms with E-state index in [-0.39, 0.29) is 6.09 Å². The number of amides is 1. The molecule has 0 aliphatic carbocycles. The number of ether oxygens (including phenoxy) is 1. The highest BCUT2D eigenvalue weighted by atomic mass is 79.9. The first kappa shape index (κ1) is 14.4. The molecular weight excluding hydrogens is 306 g/mol. The zero-order valence-electron chi connectivity index (χ0n) is 11.9. The molecule has 0 aromatic heterocycles. The molecule has 0 saturated heterocycles. The van der Waals surface area contributed by atoms with E-state index in [4.69, 9.17) is 4.74 Å². The second-order valence-electron chi connectivity index (χ2n) is 6.02. The van der Waals surface area contributed by atoms with Crippen LogP contribution in [0.15, 0.2) is 16.6 Å². The highest BCUT2D eigenvalue weighted by molar-refractivity contribution is 9.10. The molecule has 1 aromatic rings. The van der Waals surface area contributed by atoms with Crippen molar-refractivity contribution in [3.63, 3.8) is 0 Å². The van der Waals surface area contributed by atoms with E-state index in [9.17, 15) is 4.79 Å². The molecule has 104 valence electrons. The minimum Gasteiger partial charge on any atom is -0.444 e. The van der Waals surface area contributed by atoms with Gasteiger partial charge in [-0.1, -0.05) is 22.0 Å². The van der Waals surface area contributed by atoms with Crippen molar-refractivity contribution >= 4 is 22.0 Å². The van der Waals surface area contributed by atoms with Crippen LogP contribution in [0.25, 0.3) is 0 Å². The SMILES string of the molecule is Cc1cc2c(cc1Br)CN(C(=O)OC(C)(C)C)CC2. The minimum absolute atomic E-state index is 0.227. The first-order valence-corrected chi connectivity index (χ1v) is 7.31. The summed E-state index contributed by atoms with van der Waals surface area (Å²) in [5.41, 5.74) is 3.34. The highest BCUT2D eigenvalue weighted by Gasteiger charge is 2.25. The zero-order chi connectivity index (χ0) is 14.2. The number of nitrogens with zero attached hydrogens (tertiary/aromatic N) is 1. The van der Waals surface area contributed by atoms with Crippen LogP contribution >= 0.6 is 15.9 Å². The second kappa shape index (κ2) is 5.16. The van der Waals surface area contributed by atoms with Crippen LogP contribution in [0.1, 0.15) is 37.5 Å². The molecule has 1 aliphatic heterocycles. The van der Waals surface area contributed by atoms with Crippen molar-refractivity contribution in [1.82, 2.24) is 4.90 Å². The second-order valence-corrected chi connectivity index (χ2v) is 6.88. The predicted octanol–water partition coefficient (Wildman–Crippen LogP) is 4.05. The Hall–Kier alpha value is -1.03. The molecule has 1 aliphatic rings. The molecule has 3 nitrogen and oxygen atoms in total. The van der Waals surface area contributed by atoms with Crippen molar-refractivity contribution in [3.05, 3.63) is 33.3 Å². The molecule has 0 spiro atoms. The molecule has 4 heteroatoms. The number of fused-ring (bicyclic) bond motifs is 1. The number of rotatable bonds is 0. The van der Waals surface area contributed by atoms with E-state index in [1.54, 1.807) is 4.90 Å². The van der Waals surface area contributed by atoms with Gasteiger partial charge in [-0.05, 0) is 56.9 Å². The van der Waals surface area contributed by atoms with Crippen LogP contribution in [0.3, 0.4) is 0 Å². The molecule has 2 rings (SSSR count). The van der Waals surface area contributed by atoms with E-state index in [0.29, 0.717) is 6.54 Å². The van der Waals surface area contributed by atoms with Gasteiger partial charge in [-0.2, -0.15) is 0 Å². The number of halogens is 1. The van der Waals surface area contributed by atoms with Crippen molar-refractivity contribution < 1.29 is 9.53 Å². The molecule has 0 fully saturated rings. The zero-order valence-corrected chi connectivity index (χ0v) is 13.5. The quantitative estimate of drug-likeness (QED) is 0.720. The fourth-order valence-electron chi connectivity index (χ4n) is 2.18. The molecule has 0 saturated carbocycles. The van der Waals surface area contributed by atoms with Crippen molar-refractivity contribution in [3.8, 4) is 0 Å². The maximum Gasteiger partial charge on any atom is 0.410 e. The van der Waals surface area contributed by atoms with Crippen LogP contribution in [0, 0.1) is 6.92 Å². The van der Waals surface area contributed by atoms with Gasteiger partial charge >= 0.3 is 6.09 Å². The molecular formula is C15H20BrNO2. The van der Waals surface area contributed by atoms with Crippen molar-refractivity contribution in [2.75, 3.05) is 6.54 Å². The summed E-state index contributed by atoms with van der Waals surface area (Å²) < 4.78 is 6.52. The molecule has 1 heterocycles. The van der Waals surface area contributed by atoms with Crippen LogP contribution in [-0.2, 0) is 17.7 Å². The predicted molar refractivity (Wildman–Crippen MR) is 79.2 cm³/mol. The van der Waals surface area contributed by atoms with E-state index in [2.05, 4.69) is 35.0 Å². The first-order valence-electron chi connectivity index (χ1n) is 6.52. The Bertz CT molecular complexity index is 506. The minimum atomic E-state index is -0.439. The Morgan fingerprint density at radius 2 is 2.00 bits per heavy atom. The third-order valence-corrected chi connectivity index (χ3v) is 4.00. The van der Waals surface area contributed by atoms with Crippen molar-refractivity contribution in [2.45, 2.75) is 46.3 Å². The van der Waals surface area contributed by atoms with Crippen LogP contribution in [0.5, 0.6) is 0 Å². The molecule has 1 amide bonds. The van der Waals surface area contributed by atoms with Gasteiger partial charge in [0.25, 0.3) is 0 Å². The summed E-state index contributed by atoms with van der Waals surface area (Å²) in [7, 11) is 0. The maximum atomic E-state index is 12.1. The Labute approximate surface area is 123 Å². The fraction of sp³-hybridized carbons (Fsp3) is 0.533. The standard InChI is InChI=1S/C15H20BrNO2/c1-10-7-11-5-6-17(9-12(11)8-13(10)16)14(18)19-15(2,3)4/h7-8H,5-6,9H2,1-4H3. The molecule has 0 radical (unpaired) electrons. The lowest BCUT2D eigenvalue weighted by Crippen LogP contribution is -2.39. The summed E-state index contributed by atoms with van der Waals surface area (Å²) in [6.07, 6.45) is 0.665. The Kier molecular flexibility index (Phi) is 3.90. The first-order chi connectivity index (χ1) is 8.76. The number of hydrogen-bond acceptors (Lipinski definition) is 2. The largest absolute Gasteiger partial charge is 0.444 e. The normalized spacial score (nSPS) is 15.1. The third kappa shape index (κ3) is 3.50. The molecule has 1 aromatic carbocycles. The summed E-state index contributed by atoms with van der Waals surface area (Å²) in [4.78, 5) is 13.8. The number of benzene rings is 1. The van der Waals surface area contributed by atoms with Gasteiger partial charge in [0.05, 0.1) is 0 Å². The van der Waals surface area contributed by atoms with Gasteiger partial charge < -0.3 is 9.64 Å². The summed E-state index contributed by atoms with van der Waals surface area (Å²) in [6.45, 7) is 9.12. The van der Waals surface area contributed by atoms with E-state index in [1.807, 2.05) is 20.8 Å². The lowest BCUT2D eigenvalue weighted by Gasteiger charge is -2.31. The molecule has 0 atom stereocenters. The third-order valence-electron chi connectivity index (χ3n) is 3.14. The summed E-state index contributed by atoms with van der Waals surface area (Å²) in [6, 6.07) is 4.31. The van der Waals surface area contributed by atoms with Gasteiger partial charge in [0.1, 0.15) is 5.60 Å². The Morgan fingerprint density at radius 3 is 2.63 bits per heavy atom. The van der Waals surface area contributed by atoms with Crippen LogP contribution < -0.4 is 0 Å². The van der Waals surface area contributed by atoms with E-state index >= 15 is 0 Å². The number of carbonyl (C=O) groups is 1. The number of aryl methyl sites for hydroxylation is 1. The molecule has 19 heavy (non-hydrogen) atoms. The van der Waals surface area contributed by atoms with Crippen LogP contribution in [0.2, 0.25) is 0 Å². The van der Waals surface area contributed by atoms with Gasteiger partial charge in [-0.15, -0.1) is 0 Å². The number of carbonyl (C=O) groups excluding carboxylic acids is 1. The maximum absolute atomic E-state index is 12.1. The average Bonchev–Trinajstić information content (AvgIpc) is 2.27. The number of hydrogen-bond donors (Lipinski definition) is 0.